The van der Waals surface area contributed by atoms with E-state index in [0.29, 0.717) is 11.4 Å². The minimum atomic E-state index is -3.76. The molecule has 0 aliphatic heterocycles. The molecule has 0 aliphatic rings. The highest BCUT2D eigenvalue weighted by Crippen LogP contribution is 2.27. The zero-order chi connectivity index (χ0) is 14.9. The van der Waals surface area contributed by atoms with Gasteiger partial charge in [0.05, 0.1) is 22.3 Å². The molecule has 0 aliphatic carbocycles. The Hall–Kier alpha value is -1.99. The van der Waals surface area contributed by atoms with Gasteiger partial charge in [0, 0.05) is 0 Å². The minimum absolute atomic E-state index is 0.0111. The van der Waals surface area contributed by atoms with Crippen molar-refractivity contribution in [3.05, 3.63) is 41.9 Å². The summed E-state index contributed by atoms with van der Waals surface area (Å²) in [5, 5.41) is 8.22. The maximum Gasteiger partial charge on any atom is 0.238 e. The van der Waals surface area contributed by atoms with E-state index in [1.807, 2.05) is 26.0 Å². The molecule has 7 heteroatoms. The van der Waals surface area contributed by atoms with Gasteiger partial charge in [-0.3, -0.25) is 0 Å². The summed E-state index contributed by atoms with van der Waals surface area (Å²) in [5.41, 5.74) is 6.77. The van der Waals surface area contributed by atoms with Crippen molar-refractivity contribution >= 4 is 21.4 Å². The van der Waals surface area contributed by atoms with Crippen LogP contribution in [0.2, 0.25) is 0 Å². The first-order valence-electron chi connectivity index (χ1n) is 6.02. The fraction of sp³-hybridized carbons (Fsp3) is 0.231. The Bertz CT molecular complexity index is 722. The number of furan rings is 1. The first-order chi connectivity index (χ1) is 9.27. The molecule has 1 aromatic carbocycles. The van der Waals surface area contributed by atoms with E-state index in [-0.39, 0.29) is 10.9 Å². The Kier molecular flexibility index (Phi) is 3.74. The molecule has 0 amide bonds. The number of hydrogen-bond acceptors (Lipinski definition) is 5. The van der Waals surface area contributed by atoms with E-state index in [1.165, 1.54) is 18.2 Å². The first-order valence-corrected chi connectivity index (χ1v) is 7.57. The third-order valence-electron chi connectivity index (χ3n) is 2.91. The Labute approximate surface area is 117 Å². The minimum Gasteiger partial charge on any atom is -0.464 e. The van der Waals surface area contributed by atoms with Crippen LogP contribution in [0.5, 0.6) is 0 Å². The molecule has 2 aromatic rings. The second kappa shape index (κ2) is 5.18. The van der Waals surface area contributed by atoms with E-state index >= 15 is 0 Å². The summed E-state index contributed by atoms with van der Waals surface area (Å²) in [6, 6.07) is 7.85. The summed E-state index contributed by atoms with van der Waals surface area (Å²) in [7, 11) is -3.76. The Morgan fingerprint density at radius 2 is 1.95 bits per heavy atom. The molecule has 2 rings (SSSR count). The smallest absolute Gasteiger partial charge is 0.238 e. The van der Waals surface area contributed by atoms with E-state index < -0.39 is 10.0 Å². The van der Waals surface area contributed by atoms with Crippen LogP contribution in [0, 0.1) is 6.92 Å². The lowest BCUT2D eigenvalue weighted by Gasteiger charge is -2.15. The van der Waals surface area contributed by atoms with E-state index in [4.69, 9.17) is 15.3 Å². The Morgan fingerprint density at radius 1 is 1.25 bits per heavy atom. The second-order valence-electron chi connectivity index (χ2n) is 4.61. The fourth-order valence-electron chi connectivity index (χ4n) is 1.83. The lowest BCUT2D eigenvalue weighted by atomic mass is 10.2. The molecule has 20 heavy (non-hydrogen) atoms. The average Bonchev–Trinajstić information content (AvgIpc) is 2.77. The van der Waals surface area contributed by atoms with Gasteiger partial charge in [-0.2, -0.15) is 0 Å². The standard InChI is InChI=1S/C13H17N3O3S/c1-8-3-6-13(19-8)9(2)16-12-7-10(20(15,17)18)4-5-11(12)14/h3-7,9,16H,14H2,1-2H3,(H2,15,17,18). The number of nitrogen functional groups attached to an aromatic ring is 1. The van der Waals surface area contributed by atoms with Crippen molar-refractivity contribution in [3.63, 3.8) is 0 Å². The largest absolute Gasteiger partial charge is 0.464 e. The predicted molar refractivity (Wildman–Crippen MR) is 77.7 cm³/mol. The van der Waals surface area contributed by atoms with Gasteiger partial charge in [0.15, 0.2) is 0 Å². The summed E-state index contributed by atoms with van der Waals surface area (Å²) >= 11 is 0. The molecule has 1 heterocycles. The molecule has 1 aromatic heterocycles. The highest BCUT2D eigenvalue weighted by atomic mass is 32.2. The van der Waals surface area contributed by atoms with Gasteiger partial charge in [-0.15, -0.1) is 0 Å². The molecule has 0 fully saturated rings. The van der Waals surface area contributed by atoms with Gasteiger partial charge in [-0.25, -0.2) is 13.6 Å². The van der Waals surface area contributed by atoms with Crippen LogP contribution in [0.3, 0.4) is 0 Å². The van der Waals surface area contributed by atoms with Crippen molar-refractivity contribution in [1.29, 1.82) is 0 Å². The maximum absolute atomic E-state index is 11.3. The van der Waals surface area contributed by atoms with Gasteiger partial charge in [0.2, 0.25) is 10.0 Å². The summed E-state index contributed by atoms with van der Waals surface area (Å²) in [6.07, 6.45) is 0. The third-order valence-corrected chi connectivity index (χ3v) is 3.82. The maximum atomic E-state index is 11.3. The SMILES string of the molecule is Cc1ccc(C(C)Nc2cc(S(N)(=O)=O)ccc2N)o1. The summed E-state index contributed by atoms with van der Waals surface area (Å²) in [6.45, 7) is 3.74. The molecular formula is C13H17N3O3S. The molecule has 6 nitrogen and oxygen atoms in total. The number of benzene rings is 1. The van der Waals surface area contributed by atoms with Crippen LogP contribution >= 0.6 is 0 Å². The van der Waals surface area contributed by atoms with Crippen LogP contribution in [0.15, 0.2) is 39.6 Å². The van der Waals surface area contributed by atoms with Crippen molar-refractivity contribution in [2.24, 2.45) is 5.14 Å². The van der Waals surface area contributed by atoms with Crippen molar-refractivity contribution in [1.82, 2.24) is 0 Å². The second-order valence-corrected chi connectivity index (χ2v) is 6.17. The zero-order valence-electron chi connectivity index (χ0n) is 11.3. The number of anilines is 2. The highest BCUT2D eigenvalue weighted by molar-refractivity contribution is 7.89. The van der Waals surface area contributed by atoms with Gasteiger partial charge < -0.3 is 15.5 Å². The van der Waals surface area contributed by atoms with Crippen LogP contribution in [0.25, 0.3) is 0 Å². The van der Waals surface area contributed by atoms with Gasteiger partial charge in [0.25, 0.3) is 0 Å². The molecule has 1 unspecified atom stereocenters. The summed E-state index contributed by atoms with van der Waals surface area (Å²) in [4.78, 5) is 0.0111. The topological polar surface area (TPSA) is 111 Å². The molecule has 0 spiro atoms. The van der Waals surface area contributed by atoms with Gasteiger partial charge in [-0.05, 0) is 44.2 Å². The van der Waals surface area contributed by atoms with Crippen molar-refractivity contribution < 1.29 is 12.8 Å². The van der Waals surface area contributed by atoms with E-state index in [2.05, 4.69) is 5.32 Å². The van der Waals surface area contributed by atoms with Gasteiger partial charge in [0.1, 0.15) is 11.5 Å². The van der Waals surface area contributed by atoms with Crippen molar-refractivity contribution in [2.45, 2.75) is 24.8 Å². The summed E-state index contributed by atoms with van der Waals surface area (Å²) in [5.74, 6) is 1.54. The number of nitrogens with one attached hydrogen (secondary N) is 1. The number of sulfonamides is 1. The van der Waals surface area contributed by atoms with Crippen LogP contribution in [-0.2, 0) is 10.0 Å². The predicted octanol–water partition coefficient (Wildman–Crippen LogP) is 1.99. The third kappa shape index (κ3) is 3.12. The van der Waals surface area contributed by atoms with Gasteiger partial charge >= 0.3 is 0 Å². The summed E-state index contributed by atoms with van der Waals surface area (Å²) < 4.78 is 28.2. The quantitative estimate of drug-likeness (QED) is 0.747. The molecule has 0 radical (unpaired) electrons. The van der Waals surface area contributed by atoms with Crippen molar-refractivity contribution in [3.8, 4) is 0 Å². The molecule has 0 saturated heterocycles. The normalized spacial score (nSPS) is 13.2. The monoisotopic (exact) mass is 295 g/mol. The molecule has 0 saturated carbocycles. The number of nitrogens with two attached hydrogens (primary N) is 2. The van der Waals surface area contributed by atoms with Gasteiger partial charge in [-0.1, -0.05) is 0 Å². The highest BCUT2D eigenvalue weighted by Gasteiger charge is 2.14. The number of hydrogen-bond donors (Lipinski definition) is 3. The van der Waals surface area contributed by atoms with E-state index in [1.54, 1.807) is 0 Å². The van der Waals surface area contributed by atoms with E-state index in [9.17, 15) is 8.42 Å². The van der Waals surface area contributed by atoms with Crippen molar-refractivity contribution in [2.75, 3.05) is 11.1 Å². The zero-order valence-corrected chi connectivity index (χ0v) is 12.1. The molecular weight excluding hydrogens is 278 g/mol. The molecule has 0 bridgehead atoms. The van der Waals surface area contributed by atoms with Crippen LogP contribution in [0.1, 0.15) is 24.5 Å². The average molecular weight is 295 g/mol. The molecule has 5 N–H and O–H groups in total. The molecule has 1 atom stereocenters. The lowest BCUT2D eigenvalue weighted by Crippen LogP contribution is -2.14. The van der Waals surface area contributed by atoms with Crippen LogP contribution in [0.4, 0.5) is 11.4 Å². The fourth-order valence-corrected chi connectivity index (χ4v) is 2.37. The number of aryl methyl sites for hydroxylation is 1. The Balaban J connectivity index is 2.29. The number of primary sulfonamides is 1. The molecule has 108 valence electrons. The van der Waals surface area contributed by atoms with Crippen LogP contribution in [-0.4, -0.2) is 8.42 Å². The lowest BCUT2D eigenvalue weighted by molar-refractivity contribution is 0.467. The number of rotatable bonds is 4. The van der Waals surface area contributed by atoms with Crippen LogP contribution < -0.4 is 16.2 Å². The first kappa shape index (κ1) is 14.4. The Morgan fingerprint density at radius 3 is 2.50 bits per heavy atom. The van der Waals surface area contributed by atoms with E-state index in [0.717, 1.165) is 11.5 Å².